The van der Waals surface area contributed by atoms with Crippen molar-refractivity contribution in [3.63, 3.8) is 0 Å². The first-order valence-corrected chi connectivity index (χ1v) is 7.30. The normalized spacial score (nSPS) is 12.2. The minimum Gasteiger partial charge on any atom is -0.480 e. The maximum absolute atomic E-state index is 12.1. The fraction of sp³-hybridized carbons (Fsp3) is 0.467. The lowest BCUT2D eigenvalue weighted by Crippen LogP contribution is -2.47. The molecule has 0 aromatic heterocycles. The minimum absolute atomic E-state index is 0.144. The molecule has 1 atom stereocenters. The van der Waals surface area contributed by atoms with Gasteiger partial charge in [-0.25, -0.2) is 0 Å². The molecule has 116 valence electrons. The monoisotopic (exact) mass is 312 g/mol. The predicted octanol–water partition coefficient (Wildman–Crippen LogP) is 2.14. The minimum atomic E-state index is -0.936. The number of carbonyl (C=O) groups excluding carboxylic acids is 1. The second-order valence-corrected chi connectivity index (χ2v) is 5.26. The number of rotatable bonds is 8. The van der Waals surface area contributed by atoms with Gasteiger partial charge in [-0.3, -0.25) is 14.5 Å². The van der Waals surface area contributed by atoms with E-state index in [2.05, 4.69) is 5.32 Å². The Balaban J connectivity index is 2.60. The van der Waals surface area contributed by atoms with Gasteiger partial charge in [0.2, 0.25) is 5.91 Å². The van der Waals surface area contributed by atoms with Crippen LogP contribution in [0.3, 0.4) is 0 Å². The summed E-state index contributed by atoms with van der Waals surface area (Å²) >= 11 is 6.03. The molecule has 0 aliphatic heterocycles. The van der Waals surface area contributed by atoms with Crippen molar-refractivity contribution in [2.45, 2.75) is 32.9 Å². The SMILES string of the molecule is CCCN(CC(=O)O)C(C)C(=O)NCc1ccccc1Cl. The average Bonchev–Trinajstić information content (AvgIpc) is 2.44. The number of hydrogen-bond donors (Lipinski definition) is 2. The molecule has 0 aliphatic rings. The summed E-state index contributed by atoms with van der Waals surface area (Å²) in [5.74, 6) is -1.14. The van der Waals surface area contributed by atoms with E-state index in [0.29, 0.717) is 18.1 Å². The molecule has 0 radical (unpaired) electrons. The average molecular weight is 313 g/mol. The standard InChI is InChI=1S/C15H21ClN2O3/c1-3-8-18(10-14(19)20)11(2)15(21)17-9-12-6-4-5-7-13(12)16/h4-7,11H,3,8-10H2,1-2H3,(H,17,21)(H,19,20). The number of nitrogens with one attached hydrogen (secondary N) is 1. The third-order valence-electron chi connectivity index (χ3n) is 3.19. The summed E-state index contributed by atoms with van der Waals surface area (Å²) in [6.45, 7) is 4.40. The van der Waals surface area contributed by atoms with Gasteiger partial charge in [0.15, 0.2) is 0 Å². The van der Waals surface area contributed by atoms with Crippen LogP contribution in [0, 0.1) is 0 Å². The smallest absolute Gasteiger partial charge is 0.317 e. The molecule has 1 amide bonds. The Kier molecular flexibility index (Phi) is 7.19. The molecule has 1 aromatic rings. The Labute approximate surface area is 129 Å². The molecule has 0 fully saturated rings. The van der Waals surface area contributed by atoms with Crippen molar-refractivity contribution in [2.24, 2.45) is 0 Å². The summed E-state index contributed by atoms with van der Waals surface area (Å²) in [6.07, 6.45) is 0.787. The van der Waals surface area contributed by atoms with E-state index >= 15 is 0 Å². The summed E-state index contributed by atoms with van der Waals surface area (Å²) in [4.78, 5) is 24.6. The molecular weight excluding hydrogens is 292 g/mol. The van der Waals surface area contributed by atoms with Gasteiger partial charge in [-0.2, -0.15) is 0 Å². The van der Waals surface area contributed by atoms with E-state index in [-0.39, 0.29) is 12.5 Å². The zero-order valence-corrected chi connectivity index (χ0v) is 13.1. The second kappa shape index (κ2) is 8.64. The number of nitrogens with zero attached hydrogens (tertiary/aromatic N) is 1. The maximum atomic E-state index is 12.1. The molecule has 0 bridgehead atoms. The Hall–Kier alpha value is -1.59. The van der Waals surface area contributed by atoms with Crippen molar-refractivity contribution < 1.29 is 14.7 Å². The lowest BCUT2D eigenvalue weighted by molar-refractivity contribution is -0.139. The van der Waals surface area contributed by atoms with Crippen molar-refractivity contribution in [1.29, 1.82) is 0 Å². The number of amides is 1. The molecule has 0 heterocycles. The lowest BCUT2D eigenvalue weighted by Gasteiger charge is -2.26. The van der Waals surface area contributed by atoms with Crippen molar-refractivity contribution in [3.05, 3.63) is 34.9 Å². The highest BCUT2D eigenvalue weighted by Gasteiger charge is 2.22. The van der Waals surface area contributed by atoms with Gasteiger partial charge in [0.25, 0.3) is 0 Å². The number of hydrogen-bond acceptors (Lipinski definition) is 3. The van der Waals surface area contributed by atoms with E-state index < -0.39 is 12.0 Å². The van der Waals surface area contributed by atoms with Crippen molar-refractivity contribution >= 4 is 23.5 Å². The van der Waals surface area contributed by atoms with Gasteiger partial charge in [-0.15, -0.1) is 0 Å². The summed E-state index contributed by atoms with van der Waals surface area (Å²) in [5, 5.41) is 12.3. The van der Waals surface area contributed by atoms with E-state index in [0.717, 1.165) is 12.0 Å². The topological polar surface area (TPSA) is 69.6 Å². The fourth-order valence-corrected chi connectivity index (χ4v) is 2.21. The highest BCUT2D eigenvalue weighted by molar-refractivity contribution is 6.31. The Morgan fingerprint density at radius 3 is 2.62 bits per heavy atom. The number of carboxylic acids is 1. The van der Waals surface area contributed by atoms with E-state index in [1.165, 1.54) is 0 Å². The molecular formula is C15H21ClN2O3. The molecule has 6 heteroatoms. The molecule has 21 heavy (non-hydrogen) atoms. The van der Waals surface area contributed by atoms with Crippen molar-refractivity contribution in [1.82, 2.24) is 10.2 Å². The summed E-state index contributed by atoms with van der Waals surface area (Å²) < 4.78 is 0. The van der Waals surface area contributed by atoms with Gasteiger partial charge in [0, 0.05) is 11.6 Å². The van der Waals surface area contributed by atoms with Crippen molar-refractivity contribution in [2.75, 3.05) is 13.1 Å². The summed E-state index contributed by atoms with van der Waals surface area (Å²) in [5.41, 5.74) is 0.833. The Bertz CT molecular complexity index is 494. The number of aliphatic carboxylic acids is 1. The molecule has 2 N–H and O–H groups in total. The van der Waals surface area contributed by atoms with E-state index in [4.69, 9.17) is 16.7 Å². The number of carboxylic acid groups (broad SMARTS) is 1. The van der Waals surface area contributed by atoms with Gasteiger partial charge in [-0.05, 0) is 31.5 Å². The zero-order chi connectivity index (χ0) is 15.8. The van der Waals surface area contributed by atoms with Crippen LogP contribution < -0.4 is 5.32 Å². The first-order chi connectivity index (χ1) is 9.95. The molecule has 0 aliphatic carbocycles. The van der Waals surface area contributed by atoms with Crippen molar-refractivity contribution in [3.8, 4) is 0 Å². The fourth-order valence-electron chi connectivity index (χ4n) is 2.01. The van der Waals surface area contributed by atoms with E-state index in [1.807, 2.05) is 25.1 Å². The van der Waals surface area contributed by atoms with Crippen LogP contribution in [0.2, 0.25) is 5.02 Å². The van der Waals surface area contributed by atoms with E-state index in [9.17, 15) is 9.59 Å². The third kappa shape index (κ3) is 5.73. The van der Waals surface area contributed by atoms with Gasteiger partial charge in [0.05, 0.1) is 12.6 Å². The van der Waals surface area contributed by atoms with Gasteiger partial charge in [-0.1, -0.05) is 36.7 Å². The number of halogens is 1. The number of carbonyl (C=O) groups is 2. The molecule has 0 spiro atoms. The van der Waals surface area contributed by atoms with Crippen LogP contribution in [0.1, 0.15) is 25.8 Å². The first-order valence-electron chi connectivity index (χ1n) is 6.92. The number of benzene rings is 1. The van der Waals surface area contributed by atoms with Crippen LogP contribution in [0.15, 0.2) is 24.3 Å². The second-order valence-electron chi connectivity index (χ2n) is 4.85. The lowest BCUT2D eigenvalue weighted by atomic mass is 10.2. The Morgan fingerprint density at radius 2 is 2.05 bits per heavy atom. The first kappa shape index (κ1) is 17.5. The largest absolute Gasteiger partial charge is 0.480 e. The summed E-state index contributed by atoms with van der Waals surface area (Å²) in [6, 6.07) is 6.79. The van der Waals surface area contributed by atoms with Crippen LogP contribution in [-0.4, -0.2) is 41.0 Å². The van der Waals surface area contributed by atoms with Crippen LogP contribution in [0.25, 0.3) is 0 Å². The molecule has 5 nitrogen and oxygen atoms in total. The summed E-state index contributed by atoms with van der Waals surface area (Å²) in [7, 11) is 0. The highest BCUT2D eigenvalue weighted by Crippen LogP contribution is 2.14. The van der Waals surface area contributed by atoms with Crippen LogP contribution in [0.5, 0.6) is 0 Å². The van der Waals surface area contributed by atoms with Crippen LogP contribution >= 0.6 is 11.6 Å². The predicted molar refractivity (Wildman–Crippen MR) is 82.3 cm³/mol. The van der Waals surface area contributed by atoms with Crippen LogP contribution in [-0.2, 0) is 16.1 Å². The molecule has 1 aromatic carbocycles. The molecule has 0 saturated heterocycles. The Morgan fingerprint density at radius 1 is 1.38 bits per heavy atom. The highest BCUT2D eigenvalue weighted by atomic mass is 35.5. The van der Waals surface area contributed by atoms with Gasteiger partial charge >= 0.3 is 5.97 Å². The molecule has 1 rings (SSSR count). The van der Waals surface area contributed by atoms with E-state index in [1.54, 1.807) is 17.9 Å². The van der Waals surface area contributed by atoms with Gasteiger partial charge < -0.3 is 10.4 Å². The quantitative estimate of drug-likeness (QED) is 0.771. The zero-order valence-electron chi connectivity index (χ0n) is 12.3. The molecule has 1 unspecified atom stereocenters. The van der Waals surface area contributed by atoms with Gasteiger partial charge in [0.1, 0.15) is 0 Å². The maximum Gasteiger partial charge on any atom is 0.317 e. The third-order valence-corrected chi connectivity index (χ3v) is 3.56. The molecule has 0 saturated carbocycles. The van der Waals surface area contributed by atoms with Crippen LogP contribution in [0.4, 0.5) is 0 Å².